The molecule has 1 heterocycles. The first kappa shape index (κ1) is 6.47. The molecule has 1 aliphatic carbocycles. The van der Waals surface area contributed by atoms with E-state index in [1.54, 1.807) is 0 Å². The first-order chi connectivity index (χ1) is 4.92. The van der Waals surface area contributed by atoms with Gasteiger partial charge in [0.15, 0.2) is 0 Å². The fourth-order valence-electron chi connectivity index (χ4n) is 1.25. The largest absolute Gasteiger partial charge is 0.348 e. The van der Waals surface area contributed by atoms with Crippen molar-refractivity contribution in [2.75, 3.05) is 0 Å². The van der Waals surface area contributed by atoms with Crippen LogP contribution in [0.15, 0.2) is 18.3 Å². The number of hydrogen-bond donors (Lipinski definition) is 0. The standard InChI is InChI=1S/C8H10BrN/c9-6-8-2-1-5-10(8)7-3-4-7/h1-2,5,7H,3-4,6H2. The number of halogens is 1. The summed E-state index contributed by atoms with van der Waals surface area (Å²) in [5.41, 5.74) is 1.41. The van der Waals surface area contributed by atoms with Crippen LogP contribution in [-0.4, -0.2) is 4.57 Å². The van der Waals surface area contributed by atoms with E-state index < -0.39 is 0 Å². The lowest BCUT2D eigenvalue weighted by Crippen LogP contribution is -1.95. The molecule has 2 heteroatoms. The van der Waals surface area contributed by atoms with Crippen LogP contribution in [0, 0.1) is 0 Å². The van der Waals surface area contributed by atoms with Crippen molar-refractivity contribution in [3.8, 4) is 0 Å². The lowest BCUT2D eigenvalue weighted by Gasteiger charge is -2.02. The Morgan fingerprint density at radius 2 is 2.40 bits per heavy atom. The van der Waals surface area contributed by atoms with Gasteiger partial charge in [0.1, 0.15) is 0 Å². The van der Waals surface area contributed by atoms with E-state index in [2.05, 4.69) is 38.8 Å². The molecule has 0 bridgehead atoms. The molecule has 1 saturated carbocycles. The van der Waals surface area contributed by atoms with Gasteiger partial charge in [0.2, 0.25) is 0 Å². The third-order valence-electron chi connectivity index (χ3n) is 1.94. The highest BCUT2D eigenvalue weighted by Gasteiger charge is 2.23. The van der Waals surface area contributed by atoms with Crippen molar-refractivity contribution in [1.82, 2.24) is 4.57 Å². The molecule has 0 unspecified atom stereocenters. The summed E-state index contributed by atoms with van der Waals surface area (Å²) < 4.78 is 2.37. The van der Waals surface area contributed by atoms with Crippen molar-refractivity contribution in [1.29, 1.82) is 0 Å². The van der Waals surface area contributed by atoms with Crippen LogP contribution in [0.5, 0.6) is 0 Å². The minimum Gasteiger partial charge on any atom is -0.348 e. The van der Waals surface area contributed by atoms with Crippen molar-refractivity contribution in [3.63, 3.8) is 0 Å². The predicted molar refractivity (Wildman–Crippen MR) is 45.3 cm³/mol. The highest BCUT2D eigenvalue weighted by atomic mass is 79.9. The van der Waals surface area contributed by atoms with Gasteiger partial charge in [0, 0.05) is 23.3 Å². The van der Waals surface area contributed by atoms with Crippen LogP contribution in [0.2, 0.25) is 0 Å². The average molecular weight is 200 g/mol. The Labute approximate surface area is 69.2 Å². The molecule has 1 aliphatic rings. The molecular formula is C8H10BrN. The molecule has 1 aromatic heterocycles. The maximum absolute atomic E-state index is 3.46. The third-order valence-corrected chi connectivity index (χ3v) is 2.52. The second-order valence-corrected chi connectivity index (χ2v) is 3.33. The molecule has 10 heavy (non-hydrogen) atoms. The Morgan fingerprint density at radius 3 is 3.00 bits per heavy atom. The van der Waals surface area contributed by atoms with Gasteiger partial charge >= 0.3 is 0 Å². The van der Waals surface area contributed by atoms with Crippen molar-refractivity contribution in [3.05, 3.63) is 24.0 Å². The molecule has 1 aromatic rings. The Kier molecular flexibility index (Phi) is 1.57. The molecule has 0 spiro atoms. The Morgan fingerprint density at radius 1 is 1.60 bits per heavy atom. The fourth-order valence-corrected chi connectivity index (χ4v) is 1.73. The van der Waals surface area contributed by atoms with Crippen molar-refractivity contribution < 1.29 is 0 Å². The normalized spacial score (nSPS) is 17.7. The Balaban J connectivity index is 2.28. The van der Waals surface area contributed by atoms with Gasteiger partial charge in [-0.25, -0.2) is 0 Å². The topological polar surface area (TPSA) is 4.93 Å². The van der Waals surface area contributed by atoms with Gasteiger partial charge in [-0.3, -0.25) is 0 Å². The summed E-state index contributed by atoms with van der Waals surface area (Å²) in [5.74, 6) is 0. The average Bonchev–Trinajstić information content (AvgIpc) is 2.69. The van der Waals surface area contributed by atoms with Gasteiger partial charge in [-0.2, -0.15) is 0 Å². The maximum Gasteiger partial charge on any atom is 0.0436 e. The zero-order valence-corrected chi connectivity index (χ0v) is 7.34. The molecule has 0 radical (unpaired) electrons. The van der Waals surface area contributed by atoms with Gasteiger partial charge in [-0.1, -0.05) is 15.9 Å². The molecule has 0 N–H and O–H groups in total. The first-order valence-electron chi connectivity index (χ1n) is 3.63. The van der Waals surface area contributed by atoms with E-state index in [-0.39, 0.29) is 0 Å². The maximum atomic E-state index is 3.46. The van der Waals surface area contributed by atoms with E-state index >= 15 is 0 Å². The molecule has 0 atom stereocenters. The fraction of sp³-hybridized carbons (Fsp3) is 0.500. The van der Waals surface area contributed by atoms with Crippen LogP contribution >= 0.6 is 15.9 Å². The van der Waals surface area contributed by atoms with E-state index in [4.69, 9.17) is 0 Å². The second kappa shape index (κ2) is 2.42. The van der Waals surface area contributed by atoms with Gasteiger partial charge in [-0.15, -0.1) is 0 Å². The molecule has 0 amide bonds. The number of rotatable bonds is 2. The molecule has 54 valence electrons. The Bertz CT molecular complexity index is 225. The molecule has 0 aliphatic heterocycles. The van der Waals surface area contributed by atoms with E-state index in [1.165, 1.54) is 18.5 Å². The quantitative estimate of drug-likeness (QED) is 0.647. The van der Waals surface area contributed by atoms with Crippen LogP contribution in [0.3, 0.4) is 0 Å². The third kappa shape index (κ3) is 1.01. The molecule has 2 rings (SSSR count). The van der Waals surface area contributed by atoms with Crippen molar-refractivity contribution in [2.24, 2.45) is 0 Å². The smallest absolute Gasteiger partial charge is 0.0436 e. The van der Waals surface area contributed by atoms with Gasteiger partial charge < -0.3 is 4.57 Å². The van der Waals surface area contributed by atoms with Crippen molar-refractivity contribution in [2.45, 2.75) is 24.2 Å². The minimum atomic E-state index is 0.822. The van der Waals surface area contributed by atoms with Gasteiger partial charge in [0.05, 0.1) is 0 Å². The van der Waals surface area contributed by atoms with Crippen LogP contribution in [-0.2, 0) is 5.33 Å². The Hall–Kier alpha value is -0.240. The summed E-state index contributed by atoms with van der Waals surface area (Å²) in [7, 11) is 0. The summed E-state index contributed by atoms with van der Waals surface area (Å²) >= 11 is 3.46. The first-order valence-corrected chi connectivity index (χ1v) is 4.75. The van der Waals surface area contributed by atoms with Gasteiger partial charge in [0.25, 0.3) is 0 Å². The summed E-state index contributed by atoms with van der Waals surface area (Å²) in [6.07, 6.45) is 4.91. The monoisotopic (exact) mass is 199 g/mol. The minimum absolute atomic E-state index is 0.822. The van der Waals surface area contributed by atoms with Gasteiger partial charge in [-0.05, 0) is 25.0 Å². The summed E-state index contributed by atoms with van der Waals surface area (Å²) in [6, 6.07) is 5.12. The molecule has 1 nitrogen and oxygen atoms in total. The van der Waals surface area contributed by atoms with Crippen LogP contribution in [0.1, 0.15) is 24.6 Å². The number of alkyl halides is 1. The van der Waals surface area contributed by atoms with E-state index in [0.717, 1.165) is 11.4 Å². The van der Waals surface area contributed by atoms with E-state index in [9.17, 15) is 0 Å². The number of hydrogen-bond acceptors (Lipinski definition) is 0. The SMILES string of the molecule is BrCc1cccn1C1CC1. The summed E-state index contributed by atoms with van der Waals surface area (Å²) in [5, 5.41) is 0.983. The molecular weight excluding hydrogens is 190 g/mol. The lowest BCUT2D eigenvalue weighted by atomic mass is 10.5. The zero-order chi connectivity index (χ0) is 6.97. The molecule has 0 aromatic carbocycles. The van der Waals surface area contributed by atoms with Crippen molar-refractivity contribution >= 4 is 15.9 Å². The highest BCUT2D eigenvalue weighted by molar-refractivity contribution is 9.08. The molecule has 1 fully saturated rings. The van der Waals surface area contributed by atoms with Crippen LogP contribution in [0.4, 0.5) is 0 Å². The van der Waals surface area contributed by atoms with Crippen LogP contribution < -0.4 is 0 Å². The summed E-state index contributed by atoms with van der Waals surface area (Å²) in [6.45, 7) is 0. The predicted octanol–water partition coefficient (Wildman–Crippen LogP) is 2.72. The lowest BCUT2D eigenvalue weighted by molar-refractivity contribution is 0.720. The number of aromatic nitrogens is 1. The van der Waals surface area contributed by atoms with Crippen LogP contribution in [0.25, 0.3) is 0 Å². The second-order valence-electron chi connectivity index (χ2n) is 2.77. The van der Waals surface area contributed by atoms with E-state index in [0.29, 0.717) is 0 Å². The highest BCUT2D eigenvalue weighted by Crippen LogP contribution is 2.36. The zero-order valence-electron chi connectivity index (χ0n) is 5.76. The summed E-state index contributed by atoms with van der Waals surface area (Å²) in [4.78, 5) is 0. The molecule has 0 saturated heterocycles. The van der Waals surface area contributed by atoms with E-state index in [1.807, 2.05) is 0 Å². The number of nitrogens with zero attached hydrogens (tertiary/aromatic N) is 1.